The zero-order valence-electron chi connectivity index (χ0n) is 22.0. The molecule has 0 aromatic heterocycles. The predicted molar refractivity (Wildman–Crippen MR) is 139 cm³/mol. The lowest BCUT2D eigenvalue weighted by Gasteiger charge is -2.27. The number of nitrogens with zero attached hydrogens (tertiary/aromatic N) is 2. The van der Waals surface area contributed by atoms with Crippen molar-refractivity contribution < 1.29 is 28.9 Å². The van der Waals surface area contributed by atoms with Gasteiger partial charge in [0.15, 0.2) is 11.5 Å². The Bertz CT molecular complexity index is 1140. The van der Waals surface area contributed by atoms with Gasteiger partial charge in [-0.05, 0) is 68.9 Å². The van der Waals surface area contributed by atoms with E-state index in [-0.39, 0.29) is 11.3 Å². The van der Waals surface area contributed by atoms with Crippen LogP contribution in [0.15, 0.2) is 42.0 Å². The molecule has 1 N–H and O–H groups in total. The van der Waals surface area contributed by atoms with Crippen LogP contribution in [0.25, 0.3) is 5.76 Å². The number of amides is 1. The van der Waals surface area contributed by atoms with Crippen molar-refractivity contribution >= 4 is 17.4 Å². The van der Waals surface area contributed by atoms with Crippen molar-refractivity contribution in [1.29, 1.82) is 0 Å². The molecule has 1 saturated heterocycles. The van der Waals surface area contributed by atoms with Crippen LogP contribution in [0.3, 0.4) is 0 Å². The number of carbonyl (C=O) groups is 2. The standard InChI is InChI=1S/C28H36N2O6/c1-7-8-15-36-21-11-10-20(16-18(21)2)26(31)24-25(19-9-12-22(34-5)23(17-19)35-6)30(14-13-29(3)4)28(33)27(24)32/h9-12,16-17,25,31H,7-8,13-15H2,1-6H3/b26-24-. The summed E-state index contributed by atoms with van der Waals surface area (Å²) in [5, 5.41) is 11.4. The Balaban J connectivity index is 2.11. The molecule has 0 bridgehead atoms. The minimum atomic E-state index is -0.773. The van der Waals surface area contributed by atoms with Crippen LogP contribution in [0.5, 0.6) is 17.2 Å². The molecule has 1 amide bonds. The molecule has 0 aliphatic carbocycles. The highest BCUT2D eigenvalue weighted by atomic mass is 16.5. The molecule has 8 heteroatoms. The van der Waals surface area contributed by atoms with Crippen molar-refractivity contribution in [3.8, 4) is 17.2 Å². The number of ether oxygens (including phenoxy) is 3. The summed E-state index contributed by atoms with van der Waals surface area (Å²) in [7, 11) is 6.86. The summed E-state index contributed by atoms with van der Waals surface area (Å²) in [4.78, 5) is 29.8. The van der Waals surface area contributed by atoms with Crippen molar-refractivity contribution in [2.24, 2.45) is 0 Å². The predicted octanol–water partition coefficient (Wildman–Crippen LogP) is 4.17. The van der Waals surface area contributed by atoms with Gasteiger partial charge in [0.05, 0.1) is 32.4 Å². The number of ketones is 1. The van der Waals surface area contributed by atoms with Crippen molar-refractivity contribution in [3.63, 3.8) is 0 Å². The molecule has 1 aliphatic heterocycles. The van der Waals surface area contributed by atoms with Gasteiger partial charge in [-0.25, -0.2) is 0 Å². The van der Waals surface area contributed by atoms with Crippen LogP contribution < -0.4 is 14.2 Å². The average molecular weight is 497 g/mol. The van der Waals surface area contributed by atoms with Gasteiger partial charge in [-0.15, -0.1) is 0 Å². The van der Waals surface area contributed by atoms with E-state index < -0.39 is 17.7 Å². The van der Waals surface area contributed by atoms with Crippen LogP contribution in [0.1, 0.15) is 42.5 Å². The molecular formula is C28H36N2O6. The molecule has 194 valence electrons. The van der Waals surface area contributed by atoms with Crippen molar-refractivity contribution in [2.75, 3.05) is 48.0 Å². The maximum Gasteiger partial charge on any atom is 0.295 e. The summed E-state index contributed by atoms with van der Waals surface area (Å²) in [5.41, 5.74) is 1.97. The van der Waals surface area contributed by atoms with Gasteiger partial charge in [0.2, 0.25) is 0 Å². The van der Waals surface area contributed by atoms with Gasteiger partial charge in [-0.3, -0.25) is 9.59 Å². The third-order valence-corrected chi connectivity index (χ3v) is 6.26. The molecule has 2 aromatic rings. The number of benzene rings is 2. The van der Waals surface area contributed by atoms with E-state index >= 15 is 0 Å². The van der Waals surface area contributed by atoms with Gasteiger partial charge in [0.1, 0.15) is 11.5 Å². The van der Waals surface area contributed by atoms with Gasteiger partial charge in [-0.2, -0.15) is 0 Å². The molecule has 1 atom stereocenters. The maximum atomic E-state index is 13.3. The molecular weight excluding hydrogens is 460 g/mol. The van der Waals surface area contributed by atoms with Crippen LogP contribution in [0.4, 0.5) is 0 Å². The zero-order chi connectivity index (χ0) is 26.4. The normalized spacial score (nSPS) is 17.1. The molecule has 1 unspecified atom stereocenters. The lowest BCUT2D eigenvalue weighted by molar-refractivity contribution is -0.140. The molecule has 8 nitrogen and oxygen atoms in total. The first-order valence-electron chi connectivity index (χ1n) is 12.1. The highest BCUT2D eigenvalue weighted by Gasteiger charge is 2.46. The molecule has 1 fully saturated rings. The molecule has 0 radical (unpaired) electrons. The Morgan fingerprint density at radius 3 is 2.33 bits per heavy atom. The molecule has 36 heavy (non-hydrogen) atoms. The molecule has 0 saturated carbocycles. The Morgan fingerprint density at radius 2 is 1.72 bits per heavy atom. The van der Waals surface area contributed by atoms with Gasteiger partial charge in [-0.1, -0.05) is 19.4 Å². The van der Waals surface area contributed by atoms with E-state index in [1.165, 1.54) is 12.0 Å². The Kier molecular flexibility index (Phi) is 8.98. The van der Waals surface area contributed by atoms with E-state index in [0.29, 0.717) is 42.3 Å². The number of Topliss-reactive ketones (excluding diaryl/α,β-unsaturated/α-hetero) is 1. The number of hydrogen-bond donors (Lipinski definition) is 1. The zero-order valence-corrected chi connectivity index (χ0v) is 22.0. The fraction of sp³-hybridized carbons (Fsp3) is 0.429. The third kappa shape index (κ3) is 5.65. The van der Waals surface area contributed by atoms with Gasteiger partial charge in [0.25, 0.3) is 11.7 Å². The Labute approximate surface area is 213 Å². The highest BCUT2D eigenvalue weighted by molar-refractivity contribution is 6.46. The monoisotopic (exact) mass is 496 g/mol. The number of carbonyl (C=O) groups excluding carboxylic acids is 2. The third-order valence-electron chi connectivity index (χ3n) is 6.26. The number of likely N-dealkylation sites (N-methyl/N-ethyl adjacent to an activating group) is 1. The summed E-state index contributed by atoms with van der Waals surface area (Å²) < 4.78 is 16.6. The molecule has 0 spiro atoms. The molecule has 3 rings (SSSR count). The highest BCUT2D eigenvalue weighted by Crippen LogP contribution is 2.42. The number of unbranched alkanes of at least 4 members (excludes halogenated alkanes) is 1. The van der Waals surface area contributed by atoms with Crippen LogP contribution in [-0.4, -0.2) is 74.6 Å². The van der Waals surface area contributed by atoms with Gasteiger partial charge >= 0.3 is 0 Å². The fourth-order valence-electron chi connectivity index (χ4n) is 4.23. The lowest BCUT2D eigenvalue weighted by atomic mass is 9.94. The second kappa shape index (κ2) is 11.9. The van der Waals surface area contributed by atoms with Crippen molar-refractivity contribution in [2.45, 2.75) is 32.7 Å². The van der Waals surface area contributed by atoms with E-state index in [1.807, 2.05) is 25.9 Å². The lowest BCUT2D eigenvalue weighted by Crippen LogP contribution is -2.35. The van der Waals surface area contributed by atoms with Crippen molar-refractivity contribution in [1.82, 2.24) is 9.80 Å². The minimum absolute atomic E-state index is 0.0463. The average Bonchev–Trinajstić information content (AvgIpc) is 3.12. The van der Waals surface area contributed by atoms with E-state index in [9.17, 15) is 14.7 Å². The first-order valence-corrected chi connectivity index (χ1v) is 12.1. The number of likely N-dealkylation sites (tertiary alicyclic amines) is 1. The minimum Gasteiger partial charge on any atom is -0.507 e. The van der Waals surface area contributed by atoms with Crippen molar-refractivity contribution in [3.05, 3.63) is 58.7 Å². The van der Waals surface area contributed by atoms with Crippen LogP contribution in [-0.2, 0) is 9.59 Å². The van der Waals surface area contributed by atoms with Crippen LogP contribution >= 0.6 is 0 Å². The second-order valence-electron chi connectivity index (χ2n) is 9.09. The first-order chi connectivity index (χ1) is 17.2. The number of aliphatic hydroxyl groups excluding tert-OH is 1. The van der Waals surface area contributed by atoms with E-state index in [0.717, 1.165) is 24.2 Å². The van der Waals surface area contributed by atoms with E-state index in [1.54, 1.807) is 43.5 Å². The quantitative estimate of drug-likeness (QED) is 0.216. The second-order valence-corrected chi connectivity index (χ2v) is 9.09. The summed E-state index contributed by atoms with van der Waals surface area (Å²) in [6, 6.07) is 9.74. The number of rotatable bonds is 11. The van der Waals surface area contributed by atoms with E-state index in [2.05, 4.69) is 6.92 Å². The summed E-state index contributed by atoms with van der Waals surface area (Å²) >= 11 is 0. The Hall–Kier alpha value is -3.52. The van der Waals surface area contributed by atoms with Gasteiger partial charge in [0, 0.05) is 18.7 Å². The van der Waals surface area contributed by atoms with Crippen LogP contribution in [0, 0.1) is 6.92 Å². The summed E-state index contributed by atoms with van der Waals surface area (Å²) in [5.74, 6) is 0.145. The topological polar surface area (TPSA) is 88.5 Å². The van der Waals surface area contributed by atoms with Crippen LogP contribution in [0.2, 0.25) is 0 Å². The molecule has 1 heterocycles. The smallest absolute Gasteiger partial charge is 0.295 e. The Morgan fingerprint density at radius 1 is 1.03 bits per heavy atom. The summed E-state index contributed by atoms with van der Waals surface area (Å²) in [6.07, 6.45) is 1.98. The number of aryl methyl sites for hydroxylation is 1. The largest absolute Gasteiger partial charge is 0.507 e. The fourth-order valence-corrected chi connectivity index (χ4v) is 4.23. The van der Waals surface area contributed by atoms with Gasteiger partial charge < -0.3 is 29.1 Å². The maximum absolute atomic E-state index is 13.3. The SMILES string of the molecule is CCCCOc1ccc(/C(O)=C2/C(=O)C(=O)N(CCN(C)C)C2c2ccc(OC)c(OC)c2)cc1C. The first kappa shape index (κ1) is 27.1. The number of methoxy groups -OCH3 is 2. The molecule has 2 aromatic carbocycles. The molecule has 1 aliphatic rings. The summed E-state index contributed by atoms with van der Waals surface area (Å²) in [6.45, 7) is 5.47. The number of hydrogen-bond acceptors (Lipinski definition) is 7. The number of aliphatic hydroxyl groups is 1. The van der Waals surface area contributed by atoms with E-state index in [4.69, 9.17) is 14.2 Å².